The minimum atomic E-state index is -1.06. The summed E-state index contributed by atoms with van der Waals surface area (Å²) in [5.74, 6) is -1.40. The second kappa shape index (κ2) is 9.31. The molecule has 34 heavy (non-hydrogen) atoms. The number of para-hydroxylation sites is 2. The van der Waals surface area contributed by atoms with Crippen molar-refractivity contribution in [3.63, 3.8) is 0 Å². The summed E-state index contributed by atoms with van der Waals surface area (Å²) in [6.07, 6.45) is 0.632. The van der Waals surface area contributed by atoms with E-state index >= 15 is 0 Å². The second-order valence-corrected chi connectivity index (χ2v) is 8.66. The summed E-state index contributed by atoms with van der Waals surface area (Å²) in [4.78, 5) is 33.6. The van der Waals surface area contributed by atoms with Crippen molar-refractivity contribution in [1.29, 1.82) is 0 Å². The van der Waals surface area contributed by atoms with E-state index in [1.165, 1.54) is 0 Å². The number of imidazole rings is 1. The molecule has 2 atom stereocenters. The summed E-state index contributed by atoms with van der Waals surface area (Å²) in [7, 11) is 0. The number of benzene rings is 3. The van der Waals surface area contributed by atoms with Gasteiger partial charge in [-0.3, -0.25) is 14.5 Å². The van der Waals surface area contributed by atoms with Crippen LogP contribution < -0.4 is 4.90 Å². The maximum atomic E-state index is 13.9. The lowest BCUT2D eigenvalue weighted by atomic mass is 9.89. The van der Waals surface area contributed by atoms with Crippen LogP contribution in [0.15, 0.2) is 78.9 Å². The molecular weight excluding hydrogens is 450 g/mol. The van der Waals surface area contributed by atoms with Crippen LogP contribution in [-0.2, 0) is 20.7 Å². The van der Waals surface area contributed by atoms with Crippen molar-refractivity contribution >= 4 is 40.5 Å². The molecule has 0 saturated heterocycles. The summed E-state index contributed by atoms with van der Waals surface area (Å²) >= 11 is 6.32. The molecule has 1 amide bonds. The Morgan fingerprint density at radius 2 is 1.79 bits per heavy atom. The van der Waals surface area contributed by atoms with Gasteiger partial charge in [0, 0.05) is 11.6 Å². The van der Waals surface area contributed by atoms with Gasteiger partial charge in [0.1, 0.15) is 0 Å². The van der Waals surface area contributed by atoms with Crippen molar-refractivity contribution in [1.82, 2.24) is 9.55 Å². The topological polar surface area (TPSA) is 64.4 Å². The molecule has 6 nitrogen and oxygen atoms in total. The number of anilines is 1. The number of amides is 1. The molecule has 0 unspecified atom stereocenters. The van der Waals surface area contributed by atoms with E-state index in [4.69, 9.17) is 21.3 Å². The van der Waals surface area contributed by atoms with Gasteiger partial charge >= 0.3 is 5.97 Å². The van der Waals surface area contributed by atoms with E-state index in [1.54, 1.807) is 24.0 Å². The normalized spacial score (nSPS) is 17.6. The largest absolute Gasteiger partial charge is 0.465 e. The van der Waals surface area contributed by atoms with Gasteiger partial charge in [-0.2, -0.15) is 0 Å². The lowest BCUT2D eigenvalue weighted by molar-refractivity contribution is -0.153. The van der Waals surface area contributed by atoms with Crippen molar-refractivity contribution in [3.05, 3.63) is 95.0 Å². The van der Waals surface area contributed by atoms with E-state index in [0.29, 0.717) is 23.9 Å². The molecule has 0 saturated carbocycles. The van der Waals surface area contributed by atoms with E-state index in [9.17, 15) is 9.59 Å². The molecule has 0 bridgehead atoms. The first-order valence-electron chi connectivity index (χ1n) is 11.3. The van der Waals surface area contributed by atoms with Crippen LogP contribution >= 0.6 is 11.6 Å². The lowest BCUT2D eigenvalue weighted by Gasteiger charge is -2.38. The number of halogens is 1. The third-order valence-electron chi connectivity index (χ3n) is 6.14. The van der Waals surface area contributed by atoms with E-state index < -0.39 is 17.9 Å². The highest BCUT2D eigenvalue weighted by molar-refractivity contribution is 6.30. The number of fused-ring (bicyclic) bond motifs is 3. The van der Waals surface area contributed by atoms with Gasteiger partial charge in [-0.05, 0) is 48.7 Å². The molecule has 1 aliphatic rings. The summed E-state index contributed by atoms with van der Waals surface area (Å²) in [5, 5.41) is 0.532. The summed E-state index contributed by atoms with van der Waals surface area (Å²) in [6, 6.07) is 24.3. The van der Waals surface area contributed by atoms with Crippen LogP contribution in [0, 0.1) is 5.92 Å². The van der Waals surface area contributed by atoms with Gasteiger partial charge in [0.15, 0.2) is 5.92 Å². The Hall–Kier alpha value is -3.64. The standard InChI is InChI=1S/C27H24ClN3O3/c1-2-34-26(33)23-24(19-11-8-12-20(28)17-19)31-22-14-7-6-13-21(22)29-27(31)30(25(23)32)16-15-18-9-4-3-5-10-18/h3-14,17,23-24H,2,15-16H2,1H3/t23-,24+/m0/s1. The highest BCUT2D eigenvalue weighted by Gasteiger charge is 2.47. The maximum Gasteiger partial charge on any atom is 0.321 e. The Morgan fingerprint density at radius 3 is 2.56 bits per heavy atom. The zero-order valence-corrected chi connectivity index (χ0v) is 19.5. The van der Waals surface area contributed by atoms with Crippen LogP contribution in [0.3, 0.4) is 0 Å². The third-order valence-corrected chi connectivity index (χ3v) is 6.38. The average molecular weight is 474 g/mol. The van der Waals surface area contributed by atoms with Gasteiger partial charge in [-0.15, -0.1) is 0 Å². The molecule has 1 aromatic heterocycles. The van der Waals surface area contributed by atoms with Crippen LogP contribution in [0.1, 0.15) is 24.1 Å². The number of carbonyl (C=O) groups is 2. The van der Waals surface area contributed by atoms with Gasteiger partial charge < -0.3 is 9.30 Å². The highest BCUT2D eigenvalue weighted by atomic mass is 35.5. The van der Waals surface area contributed by atoms with E-state index in [2.05, 4.69) is 0 Å². The number of hydrogen-bond acceptors (Lipinski definition) is 4. The molecule has 1 aliphatic heterocycles. The van der Waals surface area contributed by atoms with E-state index in [-0.39, 0.29) is 12.5 Å². The van der Waals surface area contributed by atoms with Crippen molar-refractivity contribution in [3.8, 4) is 0 Å². The first-order valence-corrected chi connectivity index (χ1v) is 11.7. The van der Waals surface area contributed by atoms with Gasteiger partial charge in [-0.25, -0.2) is 4.98 Å². The maximum absolute atomic E-state index is 13.9. The number of aromatic nitrogens is 2. The molecule has 0 aliphatic carbocycles. The fourth-order valence-corrected chi connectivity index (χ4v) is 4.84. The molecule has 4 aromatic rings. The monoisotopic (exact) mass is 473 g/mol. The van der Waals surface area contributed by atoms with E-state index in [1.807, 2.05) is 71.3 Å². The van der Waals surface area contributed by atoms with Crippen molar-refractivity contribution < 1.29 is 14.3 Å². The number of esters is 1. The molecule has 172 valence electrons. The van der Waals surface area contributed by atoms with Crippen LogP contribution in [0.4, 0.5) is 5.95 Å². The quantitative estimate of drug-likeness (QED) is 0.290. The van der Waals surface area contributed by atoms with Crippen molar-refractivity contribution in [2.24, 2.45) is 5.92 Å². The third kappa shape index (κ3) is 3.94. The molecule has 7 heteroatoms. The SMILES string of the molecule is CCOC(=O)[C@@H]1C(=O)N(CCc2ccccc2)c2nc3ccccc3n2[C@@H]1c1cccc(Cl)c1. The first-order chi connectivity index (χ1) is 16.6. The highest BCUT2D eigenvalue weighted by Crippen LogP contribution is 2.41. The van der Waals surface area contributed by atoms with Gasteiger partial charge in [0.05, 0.1) is 23.7 Å². The number of ether oxygens (including phenoxy) is 1. The van der Waals surface area contributed by atoms with Gasteiger partial charge in [0.2, 0.25) is 11.9 Å². The Bertz CT molecular complexity index is 1350. The van der Waals surface area contributed by atoms with Crippen LogP contribution in [-0.4, -0.2) is 34.6 Å². The first kappa shape index (κ1) is 22.2. The molecule has 0 N–H and O–H groups in total. The zero-order valence-electron chi connectivity index (χ0n) is 18.7. The Balaban J connectivity index is 1.69. The minimum Gasteiger partial charge on any atom is -0.465 e. The Labute approximate surface area is 202 Å². The lowest BCUT2D eigenvalue weighted by Crippen LogP contribution is -2.50. The zero-order chi connectivity index (χ0) is 23.7. The molecule has 0 spiro atoms. The van der Waals surface area contributed by atoms with E-state index in [0.717, 1.165) is 22.2 Å². The molecule has 2 heterocycles. The van der Waals surface area contributed by atoms with Crippen LogP contribution in [0.5, 0.6) is 0 Å². The Morgan fingerprint density at radius 1 is 1.03 bits per heavy atom. The molecule has 3 aromatic carbocycles. The fraction of sp³-hybridized carbons (Fsp3) is 0.222. The van der Waals surface area contributed by atoms with Gasteiger partial charge in [-0.1, -0.05) is 66.2 Å². The molecule has 0 fully saturated rings. The summed E-state index contributed by atoms with van der Waals surface area (Å²) in [5.41, 5.74) is 3.45. The minimum absolute atomic E-state index is 0.187. The molecule has 5 rings (SSSR count). The van der Waals surface area contributed by atoms with Crippen molar-refractivity contribution in [2.75, 3.05) is 18.1 Å². The summed E-state index contributed by atoms with van der Waals surface area (Å²) < 4.78 is 7.38. The number of nitrogens with zero attached hydrogens (tertiary/aromatic N) is 3. The molecular formula is C27H24ClN3O3. The van der Waals surface area contributed by atoms with Crippen LogP contribution in [0.2, 0.25) is 5.02 Å². The number of carbonyl (C=O) groups excluding carboxylic acids is 2. The number of hydrogen-bond donors (Lipinski definition) is 0. The van der Waals surface area contributed by atoms with Crippen LogP contribution in [0.25, 0.3) is 11.0 Å². The smallest absolute Gasteiger partial charge is 0.321 e. The van der Waals surface area contributed by atoms with Gasteiger partial charge in [0.25, 0.3) is 0 Å². The number of rotatable bonds is 6. The second-order valence-electron chi connectivity index (χ2n) is 8.23. The fourth-order valence-electron chi connectivity index (χ4n) is 4.64. The predicted molar refractivity (Wildman–Crippen MR) is 132 cm³/mol. The predicted octanol–water partition coefficient (Wildman–Crippen LogP) is 5.05. The average Bonchev–Trinajstić information content (AvgIpc) is 3.22. The van der Waals surface area contributed by atoms with Crippen molar-refractivity contribution in [2.45, 2.75) is 19.4 Å². The Kier molecular flexibility index (Phi) is 6.07. The molecule has 0 radical (unpaired) electrons. The summed E-state index contributed by atoms with van der Waals surface area (Å²) in [6.45, 7) is 2.32.